The van der Waals surface area contributed by atoms with Gasteiger partial charge in [0.15, 0.2) is 9.84 Å². The molecule has 2 unspecified atom stereocenters. The third-order valence-corrected chi connectivity index (χ3v) is 6.19. The van der Waals surface area contributed by atoms with Crippen LogP contribution in [0, 0.1) is 6.92 Å². The number of halogens is 1. The fraction of sp³-hybridized carbons (Fsp3) is 0.250. The first-order chi connectivity index (χ1) is 9.82. The molecule has 0 fully saturated rings. The monoisotopic (exact) mass is 368 g/mol. The van der Waals surface area contributed by atoms with Crippen LogP contribution in [0.1, 0.15) is 24.2 Å². The molecule has 112 valence electrons. The fourth-order valence-corrected chi connectivity index (χ4v) is 3.75. The van der Waals surface area contributed by atoms with Crippen LogP contribution in [0.2, 0.25) is 0 Å². The molecule has 0 saturated carbocycles. The Balaban J connectivity index is 2.31. The molecule has 0 saturated heterocycles. The Morgan fingerprint density at radius 1 is 1.00 bits per heavy atom. The summed E-state index contributed by atoms with van der Waals surface area (Å²) in [5.74, 6) is 0. The zero-order valence-corrected chi connectivity index (χ0v) is 14.2. The average molecular weight is 369 g/mol. The molecule has 1 N–H and O–H groups in total. The van der Waals surface area contributed by atoms with E-state index in [9.17, 15) is 13.5 Å². The van der Waals surface area contributed by atoms with E-state index < -0.39 is 21.2 Å². The minimum Gasteiger partial charge on any atom is -0.387 e. The van der Waals surface area contributed by atoms with Crippen LogP contribution in [0.3, 0.4) is 0 Å². The number of hydrogen-bond donors (Lipinski definition) is 1. The summed E-state index contributed by atoms with van der Waals surface area (Å²) in [6.07, 6.45) is -1.06. The highest BCUT2D eigenvalue weighted by Gasteiger charge is 2.30. The van der Waals surface area contributed by atoms with Crippen molar-refractivity contribution in [3.05, 3.63) is 64.1 Å². The summed E-state index contributed by atoms with van der Waals surface area (Å²) in [7, 11) is -3.58. The van der Waals surface area contributed by atoms with Gasteiger partial charge in [-0.3, -0.25) is 0 Å². The lowest BCUT2D eigenvalue weighted by molar-refractivity contribution is 0.176. The van der Waals surface area contributed by atoms with Crippen molar-refractivity contribution in [2.24, 2.45) is 0 Å². The highest BCUT2D eigenvalue weighted by Crippen LogP contribution is 2.27. The first-order valence-electron chi connectivity index (χ1n) is 6.56. The van der Waals surface area contributed by atoms with Crippen molar-refractivity contribution in [2.75, 3.05) is 0 Å². The number of sulfone groups is 1. The van der Waals surface area contributed by atoms with Crippen molar-refractivity contribution in [3.8, 4) is 0 Å². The highest BCUT2D eigenvalue weighted by atomic mass is 79.9. The predicted molar refractivity (Wildman–Crippen MR) is 86.9 cm³/mol. The Kier molecular flexibility index (Phi) is 4.86. The third-order valence-electron chi connectivity index (χ3n) is 3.50. The van der Waals surface area contributed by atoms with Gasteiger partial charge in [-0.05, 0) is 43.7 Å². The lowest BCUT2D eigenvalue weighted by atomic mass is 10.1. The second-order valence-electron chi connectivity index (χ2n) is 5.06. The summed E-state index contributed by atoms with van der Waals surface area (Å²) in [6, 6.07) is 13.7. The van der Waals surface area contributed by atoms with Crippen molar-refractivity contribution in [3.63, 3.8) is 0 Å². The van der Waals surface area contributed by atoms with Crippen LogP contribution in [0.5, 0.6) is 0 Å². The average Bonchev–Trinajstić information content (AvgIpc) is 2.47. The lowest BCUT2D eigenvalue weighted by Gasteiger charge is -2.20. The van der Waals surface area contributed by atoms with Gasteiger partial charge in [-0.2, -0.15) is 0 Å². The SMILES string of the molecule is Cc1ccc(C(O)C(C)S(=O)(=O)c2ccc(Br)cc2)cc1. The van der Waals surface area contributed by atoms with E-state index in [0.717, 1.165) is 10.0 Å². The van der Waals surface area contributed by atoms with Crippen molar-refractivity contribution < 1.29 is 13.5 Å². The molecule has 3 nitrogen and oxygen atoms in total. The summed E-state index contributed by atoms with van der Waals surface area (Å²) in [4.78, 5) is 0.212. The third kappa shape index (κ3) is 3.54. The molecule has 0 aromatic heterocycles. The summed E-state index contributed by atoms with van der Waals surface area (Å²) in [5, 5.41) is 9.43. The molecule has 21 heavy (non-hydrogen) atoms. The smallest absolute Gasteiger partial charge is 0.183 e. The summed E-state index contributed by atoms with van der Waals surface area (Å²) in [5.41, 5.74) is 1.67. The van der Waals surface area contributed by atoms with E-state index in [1.807, 2.05) is 19.1 Å². The summed E-state index contributed by atoms with van der Waals surface area (Å²) in [6.45, 7) is 3.47. The van der Waals surface area contributed by atoms with Crippen LogP contribution in [-0.4, -0.2) is 18.8 Å². The van der Waals surface area contributed by atoms with Crippen LogP contribution >= 0.6 is 15.9 Å². The van der Waals surface area contributed by atoms with Crippen LogP contribution in [0.25, 0.3) is 0 Å². The number of hydrogen-bond acceptors (Lipinski definition) is 3. The maximum absolute atomic E-state index is 12.5. The van der Waals surface area contributed by atoms with Gasteiger partial charge in [0.05, 0.1) is 16.2 Å². The van der Waals surface area contributed by atoms with Gasteiger partial charge in [0.2, 0.25) is 0 Å². The van der Waals surface area contributed by atoms with Gasteiger partial charge in [-0.15, -0.1) is 0 Å². The van der Waals surface area contributed by atoms with Gasteiger partial charge >= 0.3 is 0 Å². The van der Waals surface area contributed by atoms with Crippen molar-refractivity contribution >= 4 is 25.8 Å². The molecule has 0 aliphatic heterocycles. The number of aliphatic hydroxyl groups excluding tert-OH is 1. The molecular formula is C16H17BrO3S. The number of benzene rings is 2. The van der Waals surface area contributed by atoms with Gasteiger partial charge in [-0.25, -0.2) is 8.42 Å². The number of rotatable bonds is 4. The van der Waals surface area contributed by atoms with Gasteiger partial charge in [0, 0.05) is 4.47 Å². The minimum absolute atomic E-state index is 0.212. The van der Waals surface area contributed by atoms with E-state index in [4.69, 9.17) is 0 Å². The molecule has 0 spiro atoms. The molecule has 0 amide bonds. The number of aliphatic hydroxyl groups is 1. The van der Waals surface area contributed by atoms with Crippen LogP contribution in [0.4, 0.5) is 0 Å². The molecule has 2 rings (SSSR count). The van der Waals surface area contributed by atoms with Crippen LogP contribution < -0.4 is 0 Å². The topological polar surface area (TPSA) is 54.4 Å². The Labute approximate surface area is 133 Å². The van der Waals surface area contributed by atoms with Gasteiger partial charge in [0.25, 0.3) is 0 Å². The molecule has 0 aliphatic carbocycles. The van der Waals surface area contributed by atoms with Crippen molar-refractivity contribution in [1.29, 1.82) is 0 Å². The standard InChI is InChI=1S/C16H17BrO3S/c1-11-3-5-13(6-4-11)16(18)12(2)21(19,20)15-9-7-14(17)8-10-15/h3-10,12,16,18H,1-2H3. The van der Waals surface area contributed by atoms with E-state index in [1.54, 1.807) is 24.3 Å². The largest absolute Gasteiger partial charge is 0.387 e. The molecule has 5 heteroatoms. The predicted octanol–water partition coefficient (Wildman–Crippen LogP) is 3.65. The Hall–Kier alpha value is -1.17. The number of aryl methyl sites for hydroxylation is 1. The van der Waals surface area contributed by atoms with Gasteiger partial charge in [0.1, 0.15) is 0 Å². The van der Waals surface area contributed by atoms with E-state index >= 15 is 0 Å². The fourth-order valence-electron chi connectivity index (χ4n) is 2.04. The Morgan fingerprint density at radius 2 is 1.52 bits per heavy atom. The van der Waals surface area contributed by atoms with Crippen LogP contribution in [0.15, 0.2) is 57.9 Å². The molecule has 0 radical (unpaired) electrons. The zero-order valence-electron chi connectivity index (χ0n) is 11.8. The molecular weight excluding hydrogens is 352 g/mol. The maximum Gasteiger partial charge on any atom is 0.183 e. The normalized spacial score (nSPS) is 14.7. The molecule has 2 aromatic rings. The molecule has 0 bridgehead atoms. The van der Waals surface area contributed by atoms with Gasteiger partial charge < -0.3 is 5.11 Å². The van der Waals surface area contributed by atoms with Crippen molar-refractivity contribution in [2.45, 2.75) is 30.1 Å². The summed E-state index contributed by atoms with van der Waals surface area (Å²) < 4.78 is 25.9. The first-order valence-corrected chi connectivity index (χ1v) is 8.90. The highest BCUT2D eigenvalue weighted by molar-refractivity contribution is 9.10. The minimum atomic E-state index is -3.58. The van der Waals surface area contributed by atoms with Crippen LogP contribution in [-0.2, 0) is 9.84 Å². The van der Waals surface area contributed by atoms with E-state index in [0.29, 0.717) is 5.56 Å². The second kappa shape index (κ2) is 6.30. The molecule has 0 heterocycles. The molecule has 2 atom stereocenters. The first kappa shape index (κ1) is 16.2. The molecule has 0 aliphatic rings. The lowest BCUT2D eigenvalue weighted by Crippen LogP contribution is -2.25. The van der Waals surface area contributed by atoms with E-state index in [1.165, 1.54) is 19.1 Å². The summed E-state index contributed by atoms with van der Waals surface area (Å²) >= 11 is 3.28. The molecule has 2 aromatic carbocycles. The Morgan fingerprint density at radius 3 is 2.05 bits per heavy atom. The van der Waals surface area contributed by atoms with E-state index in [2.05, 4.69) is 15.9 Å². The quantitative estimate of drug-likeness (QED) is 0.895. The van der Waals surface area contributed by atoms with Gasteiger partial charge in [-0.1, -0.05) is 45.8 Å². The second-order valence-corrected chi connectivity index (χ2v) is 8.28. The Bertz CT molecular complexity index is 706. The zero-order chi connectivity index (χ0) is 15.6. The maximum atomic E-state index is 12.5. The van der Waals surface area contributed by atoms with Crippen molar-refractivity contribution in [1.82, 2.24) is 0 Å². The van der Waals surface area contributed by atoms with E-state index in [-0.39, 0.29) is 4.90 Å².